The van der Waals surface area contributed by atoms with Gasteiger partial charge in [-0.25, -0.2) is 0 Å². The third-order valence-electron chi connectivity index (χ3n) is 2.93. The number of allylic oxidation sites excluding steroid dienone is 1. The minimum absolute atomic E-state index is 0.294. The second-order valence-electron chi connectivity index (χ2n) is 4.71. The van der Waals surface area contributed by atoms with Crippen LogP contribution in [0.15, 0.2) is 12.7 Å². The molecule has 1 unspecified atom stereocenters. The number of rotatable bonds is 12. The summed E-state index contributed by atoms with van der Waals surface area (Å²) in [6.07, 6.45) is 8.95. The fourth-order valence-corrected chi connectivity index (χ4v) is 1.70. The molecule has 0 heterocycles. The fourth-order valence-electron chi connectivity index (χ4n) is 1.70. The molecule has 17 heavy (non-hydrogen) atoms. The number of unbranched alkanes of at least 4 members (excludes halogenated alkanes) is 3. The summed E-state index contributed by atoms with van der Waals surface area (Å²) in [7, 11) is 0. The van der Waals surface area contributed by atoms with Crippen molar-refractivity contribution < 1.29 is 9.90 Å². The van der Waals surface area contributed by atoms with E-state index in [1.165, 1.54) is 19.3 Å². The highest BCUT2D eigenvalue weighted by Gasteiger charge is 2.04. The Hall–Kier alpha value is -0.830. The maximum absolute atomic E-state index is 10.4. The largest absolute Gasteiger partial charge is 0.481 e. The Balaban J connectivity index is 3.16. The monoisotopic (exact) mass is 241 g/mol. The van der Waals surface area contributed by atoms with E-state index < -0.39 is 5.97 Å². The van der Waals surface area contributed by atoms with E-state index in [1.807, 2.05) is 6.08 Å². The number of carbonyl (C=O) groups is 1. The summed E-state index contributed by atoms with van der Waals surface area (Å²) < 4.78 is 0. The highest BCUT2D eigenvalue weighted by molar-refractivity contribution is 5.66. The molecular formula is C14H27NO2. The van der Waals surface area contributed by atoms with Crippen molar-refractivity contribution in [3.63, 3.8) is 0 Å². The highest BCUT2D eigenvalue weighted by Crippen LogP contribution is 2.09. The standard InChI is InChI=1S/C14H27NO2/c1-3-4-5-6-7-11-15-12-10-13(2)8-9-14(16)17/h3,13,15H,1,4-12H2,2H3,(H,16,17). The van der Waals surface area contributed by atoms with Gasteiger partial charge in [-0.1, -0.05) is 19.4 Å². The second-order valence-corrected chi connectivity index (χ2v) is 4.71. The Morgan fingerprint density at radius 2 is 2.06 bits per heavy atom. The summed E-state index contributed by atoms with van der Waals surface area (Å²) in [4.78, 5) is 10.4. The van der Waals surface area contributed by atoms with Gasteiger partial charge < -0.3 is 10.4 Å². The molecule has 100 valence electrons. The number of carboxylic acid groups (broad SMARTS) is 1. The summed E-state index contributed by atoms with van der Waals surface area (Å²) >= 11 is 0. The Labute approximate surface area is 105 Å². The number of nitrogens with one attached hydrogen (secondary N) is 1. The van der Waals surface area contributed by atoms with Crippen LogP contribution in [0.5, 0.6) is 0 Å². The lowest BCUT2D eigenvalue weighted by molar-refractivity contribution is -0.137. The van der Waals surface area contributed by atoms with E-state index in [1.54, 1.807) is 0 Å². The smallest absolute Gasteiger partial charge is 0.303 e. The van der Waals surface area contributed by atoms with E-state index in [2.05, 4.69) is 18.8 Å². The molecule has 0 aliphatic heterocycles. The van der Waals surface area contributed by atoms with Gasteiger partial charge in [0.25, 0.3) is 0 Å². The van der Waals surface area contributed by atoms with Crippen LogP contribution < -0.4 is 5.32 Å². The molecule has 0 bridgehead atoms. The zero-order valence-corrected chi connectivity index (χ0v) is 11.1. The lowest BCUT2D eigenvalue weighted by Crippen LogP contribution is -2.19. The Morgan fingerprint density at radius 3 is 2.71 bits per heavy atom. The first-order valence-electron chi connectivity index (χ1n) is 6.70. The summed E-state index contributed by atoms with van der Waals surface area (Å²) in [5, 5.41) is 12.0. The van der Waals surface area contributed by atoms with Crippen LogP contribution in [0.3, 0.4) is 0 Å². The first-order valence-corrected chi connectivity index (χ1v) is 6.70. The minimum Gasteiger partial charge on any atom is -0.481 e. The van der Waals surface area contributed by atoms with Crippen molar-refractivity contribution in [3.8, 4) is 0 Å². The molecule has 3 nitrogen and oxygen atoms in total. The molecule has 0 amide bonds. The van der Waals surface area contributed by atoms with Gasteiger partial charge in [0.15, 0.2) is 0 Å². The second kappa shape index (κ2) is 11.6. The molecule has 0 aliphatic rings. The first-order chi connectivity index (χ1) is 8.16. The van der Waals surface area contributed by atoms with Crippen LogP contribution in [-0.4, -0.2) is 24.2 Å². The van der Waals surface area contributed by atoms with E-state index in [0.717, 1.165) is 32.4 Å². The van der Waals surface area contributed by atoms with Gasteiger partial charge in [0, 0.05) is 6.42 Å². The van der Waals surface area contributed by atoms with Gasteiger partial charge in [0.2, 0.25) is 0 Å². The van der Waals surface area contributed by atoms with Crippen LogP contribution in [0.1, 0.15) is 51.9 Å². The van der Waals surface area contributed by atoms with Gasteiger partial charge in [-0.3, -0.25) is 4.79 Å². The molecule has 3 heteroatoms. The molecule has 0 aromatic rings. The summed E-state index contributed by atoms with van der Waals surface area (Å²) in [6, 6.07) is 0. The molecule has 0 rings (SSSR count). The summed E-state index contributed by atoms with van der Waals surface area (Å²) in [5.41, 5.74) is 0. The van der Waals surface area contributed by atoms with Crippen molar-refractivity contribution >= 4 is 5.97 Å². The van der Waals surface area contributed by atoms with E-state index in [-0.39, 0.29) is 0 Å². The zero-order chi connectivity index (χ0) is 12.9. The molecule has 0 aromatic heterocycles. The maximum atomic E-state index is 10.4. The van der Waals surface area contributed by atoms with Crippen molar-refractivity contribution in [1.82, 2.24) is 5.32 Å². The van der Waals surface area contributed by atoms with Crippen molar-refractivity contribution in [2.75, 3.05) is 13.1 Å². The van der Waals surface area contributed by atoms with Gasteiger partial charge in [0.1, 0.15) is 0 Å². The van der Waals surface area contributed by atoms with Crippen molar-refractivity contribution in [2.45, 2.75) is 51.9 Å². The van der Waals surface area contributed by atoms with E-state index >= 15 is 0 Å². The van der Waals surface area contributed by atoms with Crippen LogP contribution in [0.4, 0.5) is 0 Å². The summed E-state index contributed by atoms with van der Waals surface area (Å²) in [5.74, 6) is -0.189. The third kappa shape index (κ3) is 13.1. The van der Waals surface area contributed by atoms with Crippen LogP contribution in [-0.2, 0) is 4.79 Å². The number of hydrogen-bond acceptors (Lipinski definition) is 2. The van der Waals surface area contributed by atoms with Gasteiger partial charge >= 0.3 is 5.97 Å². The maximum Gasteiger partial charge on any atom is 0.303 e. The van der Waals surface area contributed by atoms with Gasteiger partial charge in [-0.2, -0.15) is 0 Å². The van der Waals surface area contributed by atoms with E-state index in [9.17, 15) is 4.79 Å². The number of carboxylic acids is 1. The van der Waals surface area contributed by atoms with Gasteiger partial charge in [-0.15, -0.1) is 6.58 Å². The Kier molecular flexibility index (Phi) is 11.1. The average Bonchev–Trinajstić information content (AvgIpc) is 2.30. The first kappa shape index (κ1) is 16.2. The van der Waals surface area contributed by atoms with Crippen molar-refractivity contribution in [3.05, 3.63) is 12.7 Å². The van der Waals surface area contributed by atoms with E-state index in [0.29, 0.717) is 12.3 Å². The van der Waals surface area contributed by atoms with E-state index in [4.69, 9.17) is 5.11 Å². The lowest BCUT2D eigenvalue weighted by Gasteiger charge is -2.10. The highest BCUT2D eigenvalue weighted by atomic mass is 16.4. The van der Waals surface area contributed by atoms with Crippen LogP contribution in [0, 0.1) is 5.92 Å². The number of aliphatic carboxylic acids is 1. The third-order valence-corrected chi connectivity index (χ3v) is 2.93. The van der Waals surface area contributed by atoms with Crippen LogP contribution >= 0.6 is 0 Å². The van der Waals surface area contributed by atoms with Crippen LogP contribution in [0.25, 0.3) is 0 Å². The Morgan fingerprint density at radius 1 is 1.29 bits per heavy atom. The fraction of sp³-hybridized carbons (Fsp3) is 0.786. The predicted octanol–water partition coefficient (Wildman–Crippen LogP) is 3.21. The van der Waals surface area contributed by atoms with Crippen molar-refractivity contribution in [1.29, 1.82) is 0 Å². The quantitative estimate of drug-likeness (QED) is 0.407. The molecular weight excluding hydrogens is 214 g/mol. The minimum atomic E-state index is -0.688. The van der Waals surface area contributed by atoms with Gasteiger partial charge in [-0.05, 0) is 51.1 Å². The van der Waals surface area contributed by atoms with Crippen molar-refractivity contribution in [2.24, 2.45) is 5.92 Å². The summed E-state index contributed by atoms with van der Waals surface area (Å²) in [6.45, 7) is 7.89. The molecule has 0 saturated carbocycles. The predicted molar refractivity (Wildman–Crippen MR) is 72.2 cm³/mol. The topological polar surface area (TPSA) is 49.3 Å². The van der Waals surface area contributed by atoms with Crippen LogP contribution in [0.2, 0.25) is 0 Å². The Bertz CT molecular complexity index is 204. The molecule has 0 spiro atoms. The molecule has 0 fully saturated rings. The molecule has 0 radical (unpaired) electrons. The van der Waals surface area contributed by atoms with Gasteiger partial charge in [0.05, 0.1) is 0 Å². The molecule has 0 aromatic carbocycles. The molecule has 1 atom stereocenters. The molecule has 0 aliphatic carbocycles. The SMILES string of the molecule is C=CCCCCCNCCC(C)CCC(=O)O. The normalized spacial score (nSPS) is 12.3. The lowest BCUT2D eigenvalue weighted by atomic mass is 10.0. The molecule has 0 saturated heterocycles. The zero-order valence-electron chi connectivity index (χ0n) is 11.1. The average molecular weight is 241 g/mol. The number of hydrogen-bond donors (Lipinski definition) is 2. The molecule has 2 N–H and O–H groups in total.